The monoisotopic (exact) mass is 274 g/mol. The molecule has 4 nitrogen and oxygen atoms in total. The van der Waals surface area contributed by atoms with Gasteiger partial charge in [0.25, 0.3) is 0 Å². The molecule has 0 radical (unpaired) electrons. The maximum absolute atomic E-state index is 12.6. The molecule has 3 rings (SSSR count). The lowest BCUT2D eigenvalue weighted by molar-refractivity contribution is -0.134. The van der Waals surface area contributed by atoms with Crippen molar-refractivity contribution in [3.05, 3.63) is 35.4 Å². The standard InChI is InChI=1S/C16H22N2O2/c1-11-5-2-3-6-13(11)15-7-4-8-18(15)16(20)14-9-12(19)10-17-14/h2-3,5-6,12,14-15,17,19H,4,7-10H2,1H3. The Labute approximate surface area is 119 Å². The molecule has 0 spiro atoms. The minimum absolute atomic E-state index is 0.146. The topological polar surface area (TPSA) is 52.6 Å². The van der Waals surface area contributed by atoms with Crippen molar-refractivity contribution in [1.29, 1.82) is 0 Å². The molecule has 108 valence electrons. The number of rotatable bonds is 2. The van der Waals surface area contributed by atoms with E-state index in [2.05, 4.69) is 24.4 Å². The zero-order chi connectivity index (χ0) is 14.1. The summed E-state index contributed by atoms with van der Waals surface area (Å²) in [6.07, 6.45) is 2.24. The predicted molar refractivity (Wildman–Crippen MR) is 77.3 cm³/mol. The summed E-state index contributed by atoms with van der Waals surface area (Å²) in [4.78, 5) is 14.6. The fourth-order valence-electron chi connectivity index (χ4n) is 3.42. The summed E-state index contributed by atoms with van der Waals surface area (Å²) in [5, 5.41) is 12.7. The molecule has 2 fully saturated rings. The number of aliphatic hydroxyl groups is 1. The van der Waals surface area contributed by atoms with Gasteiger partial charge in [-0.05, 0) is 37.3 Å². The number of hydrogen-bond donors (Lipinski definition) is 2. The number of amides is 1. The van der Waals surface area contributed by atoms with E-state index in [0.717, 1.165) is 19.4 Å². The Morgan fingerprint density at radius 3 is 2.90 bits per heavy atom. The Kier molecular flexibility index (Phi) is 3.76. The van der Waals surface area contributed by atoms with E-state index in [1.54, 1.807) is 0 Å². The van der Waals surface area contributed by atoms with Crippen LogP contribution in [-0.4, -0.2) is 41.1 Å². The van der Waals surface area contributed by atoms with E-state index in [0.29, 0.717) is 13.0 Å². The zero-order valence-electron chi connectivity index (χ0n) is 11.9. The summed E-state index contributed by atoms with van der Waals surface area (Å²) < 4.78 is 0. The van der Waals surface area contributed by atoms with Crippen LogP contribution in [0.2, 0.25) is 0 Å². The lowest BCUT2D eigenvalue weighted by atomic mass is 9.99. The van der Waals surface area contributed by atoms with E-state index < -0.39 is 0 Å². The van der Waals surface area contributed by atoms with E-state index in [1.807, 2.05) is 17.0 Å². The van der Waals surface area contributed by atoms with E-state index in [9.17, 15) is 9.90 Å². The number of carbonyl (C=O) groups is 1. The van der Waals surface area contributed by atoms with Crippen LogP contribution in [-0.2, 0) is 4.79 Å². The average Bonchev–Trinajstić information content (AvgIpc) is 3.07. The first-order valence-corrected chi connectivity index (χ1v) is 7.44. The van der Waals surface area contributed by atoms with Gasteiger partial charge in [0.05, 0.1) is 18.2 Å². The number of nitrogens with one attached hydrogen (secondary N) is 1. The lowest BCUT2D eigenvalue weighted by Crippen LogP contribution is -2.43. The molecular weight excluding hydrogens is 252 g/mol. The van der Waals surface area contributed by atoms with Crippen molar-refractivity contribution in [1.82, 2.24) is 10.2 Å². The molecule has 1 aromatic rings. The van der Waals surface area contributed by atoms with Gasteiger partial charge in [-0.2, -0.15) is 0 Å². The zero-order valence-corrected chi connectivity index (χ0v) is 11.9. The molecule has 2 heterocycles. The molecule has 1 aromatic carbocycles. The third-order valence-corrected chi connectivity index (χ3v) is 4.49. The lowest BCUT2D eigenvalue weighted by Gasteiger charge is -2.28. The average molecular weight is 274 g/mol. The van der Waals surface area contributed by atoms with Crippen LogP contribution in [0.25, 0.3) is 0 Å². The molecule has 0 saturated carbocycles. The van der Waals surface area contributed by atoms with E-state index in [-0.39, 0.29) is 24.1 Å². The van der Waals surface area contributed by atoms with Gasteiger partial charge in [-0.15, -0.1) is 0 Å². The summed E-state index contributed by atoms with van der Waals surface area (Å²) in [5.41, 5.74) is 2.51. The van der Waals surface area contributed by atoms with Gasteiger partial charge in [0, 0.05) is 13.1 Å². The molecule has 0 aliphatic carbocycles. The number of carbonyl (C=O) groups excluding carboxylic acids is 1. The molecule has 2 aliphatic heterocycles. The normalized spacial score (nSPS) is 29.9. The van der Waals surface area contributed by atoms with Crippen molar-refractivity contribution in [2.24, 2.45) is 0 Å². The quantitative estimate of drug-likeness (QED) is 0.856. The first-order chi connectivity index (χ1) is 9.66. The summed E-state index contributed by atoms with van der Waals surface area (Å²) in [6, 6.07) is 8.30. The number of β-amino-alcohol motifs (C(OH)–C–C–N with tert-alkyl or cyclic N) is 1. The Balaban J connectivity index is 1.79. The van der Waals surface area contributed by atoms with Gasteiger partial charge in [0.2, 0.25) is 5.91 Å². The predicted octanol–water partition coefficient (Wildman–Crippen LogP) is 1.38. The van der Waals surface area contributed by atoms with Crippen LogP contribution in [0.5, 0.6) is 0 Å². The van der Waals surface area contributed by atoms with Crippen molar-refractivity contribution in [3.8, 4) is 0 Å². The molecule has 1 amide bonds. The van der Waals surface area contributed by atoms with Crippen molar-refractivity contribution in [2.45, 2.75) is 44.4 Å². The van der Waals surface area contributed by atoms with Gasteiger partial charge < -0.3 is 15.3 Å². The summed E-state index contributed by atoms with van der Waals surface area (Å²) >= 11 is 0. The highest BCUT2D eigenvalue weighted by Gasteiger charge is 2.37. The van der Waals surface area contributed by atoms with Crippen molar-refractivity contribution >= 4 is 5.91 Å². The number of likely N-dealkylation sites (tertiary alicyclic amines) is 1. The minimum Gasteiger partial charge on any atom is -0.392 e. The molecule has 2 saturated heterocycles. The Bertz CT molecular complexity index is 503. The molecule has 20 heavy (non-hydrogen) atoms. The third-order valence-electron chi connectivity index (χ3n) is 4.49. The molecule has 0 aromatic heterocycles. The number of aryl methyl sites for hydroxylation is 1. The smallest absolute Gasteiger partial charge is 0.240 e. The van der Waals surface area contributed by atoms with Crippen molar-refractivity contribution in [2.75, 3.05) is 13.1 Å². The number of benzene rings is 1. The van der Waals surface area contributed by atoms with Gasteiger partial charge in [0.1, 0.15) is 0 Å². The van der Waals surface area contributed by atoms with E-state index >= 15 is 0 Å². The summed E-state index contributed by atoms with van der Waals surface area (Å²) in [5.74, 6) is 0.146. The van der Waals surface area contributed by atoms with Crippen LogP contribution in [0.1, 0.15) is 36.4 Å². The van der Waals surface area contributed by atoms with Gasteiger partial charge in [0.15, 0.2) is 0 Å². The highest BCUT2D eigenvalue weighted by atomic mass is 16.3. The molecule has 0 bridgehead atoms. The van der Waals surface area contributed by atoms with Gasteiger partial charge in [-0.1, -0.05) is 24.3 Å². The van der Waals surface area contributed by atoms with Gasteiger partial charge in [-0.3, -0.25) is 4.79 Å². The van der Waals surface area contributed by atoms with Crippen LogP contribution >= 0.6 is 0 Å². The van der Waals surface area contributed by atoms with Crippen LogP contribution in [0.15, 0.2) is 24.3 Å². The van der Waals surface area contributed by atoms with Gasteiger partial charge >= 0.3 is 0 Å². The molecule has 3 atom stereocenters. The maximum atomic E-state index is 12.6. The first-order valence-electron chi connectivity index (χ1n) is 7.44. The summed E-state index contributed by atoms with van der Waals surface area (Å²) in [6.45, 7) is 3.46. The van der Waals surface area contributed by atoms with E-state index in [1.165, 1.54) is 11.1 Å². The van der Waals surface area contributed by atoms with Crippen LogP contribution in [0.4, 0.5) is 0 Å². The third kappa shape index (κ3) is 2.45. The molecule has 4 heteroatoms. The van der Waals surface area contributed by atoms with Gasteiger partial charge in [-0.25, -0.2) is 0 Å². The van der Waals surface area contributed by atoms with E-state index in [4.69, 9.17) is 0 Å². The van der Waals surface area contributed by atoms with Crippen molar-refractivity contribution in [3.63, 3.8) is 0 Å². The largest absolute Gasteiger partial charge is 0.392 e. The van der Waals surface area contributed by atoms with Crippen molar-refractivity contribution < 1.29 is 9.90 Å². The second kappa shape index (κ2) is 5.54. The first kappa shape index (κ1) is 13.6. The molecule has 3 unspecified atom stereocenters. The van der Waals surface area contributed by atoms with Crippen LogP contribution < -0.4 is 5.32 Å². The number of nitrogens with zero attached hydrogens (tertiary/aromatic N) is 1. The summed E-state index contributed by atoms with van der Waals surface area (Å²) in [7, 11) is 0. The fraction of sp³-hybridized carbons (Fsp3) is 0.562. The number of aliphatic hydroxyl groups excluding tert-OH is 1. The molecule has 2 N–H and O–H groups in total. The second-order valence-corrected chi connectivity index (χ2v) is 5.90. The SMILES string of the molecule is Cc1ccccc1C1CCCN1C(=O)C1CC(O)CN1. The minimum atomic E-state index is -0.386. The second-order valence-electron chi connectivity index (χ2n) is 5.90. The Morgan fingerprint density at radius 1 is 1.40 bits per heavy atom. The highest BCUT2D eigenvalue weighted by molar-refractivity contribution is 5.83. The fourth-order valence-corrected chi connectivity index (χ4v) is 3.42. The highest BCUT2D eigenvalue weighted by Crippen LogP contribution is 2.34. The van der Waals surface area contributed by atoms with Crippen LogP contribution in [0, 0.1) is 6.92 Å². The Morgan fingerprint density at radius 2 is 2.20 bits per heavy atom. The Hall–Kier alpha value is -1.39. The maximum Gasteiger partial charge on any atom is 0.240 e. The molecular formula is C16H22N2O2. The molecule has 2 aliphatic rings. The van der Waals surface area contributed by atoms with Crippen LogP contribution in [0.3, 0.4) is 0 Å². The number of hydrogen-bond acceptors (Lipinski definition) is 3.